The summed E-state index contributed by atoms with van der Waals surface area (Å²) in [7, 11) is 0. The molecule has 0 atom stereocenters. The quantitative estimate of drug-likeness (QED) is 0.505. The van der Waals surface area contributed by atoms with Gasteiger partial charge < -0.3 is 15.5 Å². The molecule has 2 N–H and O–H groups in total. The lowest BCUT2D eigenvalue weighted by molar-refractivity contribution is -0.383. The molecule has 20 heavy (non-hydrogen) atoms. The van der Waals surface area contributed by atoms with Crippen LogP contribution in [0, 0.1) is 10.1 Å². The van der Waals surface area contributed by atoms with E-state index in [-0.39, 0.29) is 17.3 Å². The second-order valence-corrected chi connectivity index (χ2v) is 4.76. The number of nitrogen functional groups attached to an aromatic ring is 1. The molecule has 2 rings (SSSR count). The molecule has 7 nitrogen and oxygen atoms in total. The summed E-state index contributed by atoms with van der Waals surface area (Å²) in [6.45, 7) is 6.00. The number of piperazine rings is 1. The monoisotopic (exact) mass is 278 g/mol. The van der Waals surface area contributed by atoms with Crippen LogP contribution in [0.2, 0.25) is 0 Å². The van der Waals surface area contributed by atoms with Crippen molar-refractivity contribution in [1.82, 2.24) is 9.80 Å². The van der Waals surface area contributed by atoms with Crippen molar-refractivity contribution in [3.05, 3.63) is 33.9 Å². The average Bonchev–Trinajstić information content (AvgIpc) is 2.47. The Morgan fingerprint density at radius 2 is 2.00 bits per heavy atom. The second-order valence-electron chi connectivity index (χ2n) is 4.76. The molecule has 1 aliphatic rings. The fraction of sp³-hybridized carbons (Fsp3) is 0.462. The fourth-order valence-electron chi connectivity index (χ4n) is 2.28. The number of hydrogen-bond donors (Lipinski definition) is 1. The van der Waals surface area contributed by atoms with E-state index >= 15 is 0 Å². The number of benzene rings is 1. The van der Waals surface area contributed by atoms with Crippen LogP contribution in [0.5, 0.6) is 0 Å². The van der Waals surface area contributed by atoms with Gasteiger partial charge in [-0.25, -0.2) is 0 Å². The van der Waals surface area contributed by atoms with Gasteiger partial charge >= 0.3 is 0 Å². The molecule has 108 valence electrons. The zero-order chi connectivity index (χ0) is 14.7. The van der Waals surface area contributed by atoms with Gasteiger partial charge in [-0.2, -0.15) is 0 Å². The van der Waals surface area contributed by atoms with Crippen molar-refractivity contribution in [2.45, 2.75) is 6.92 Å². The third-order valence-corrected chi connectivity index (χ3v) is 3.58. The van der Waals surface area contributed by atoms with E-state index in [9.17, 15) is 14.9 Å². The normalized spacial score (nSPS) is 16.1. The first-order valence-electron chi connectivity index (χ1n) is 6.58. The predicted molar refractivity (Wildman–Crippen MR) is 75.5 cm³/mol. The molecule has 0 spiro atoms. The Balaban J connectivity index is 2.14. The van der Waals surface area contributed by atoms with Crippen LogP contribution in [-0.2, 0) is 0 Å². The van der Waals surface area contributed by atoms with E-state index in [0.717, 1.165) is 19.6 Å². The van der Waals surface area contributed by atoms with Crippen molar-refractivity contribution in [1.29, 1.82) is 0 Å². The van der Waals surface area contributed by atoms with E-state index in [4.69, 9.17) is 5.73 Å². The molecule has 0 radical (unpaired) electrons. The molecule has 0 bridgehead atoms. The van der Waals surface area contributed by atoms with Crippen LogP contribution in [0.3, 0.4) is 0 Å². The first-order chi connectivity index (χ1) is 9.52. The predicted octanol–water partition coefficient (Wildman–Crippen LogP) is 0.955. The number of nitrogens with zero attached hydrogens (tertiary/aromatic N) is 3. The topological polar surface area (TPSA) is 92.7 Å². The van der Waals surface area contributed by atoms with Crippen LogP contribution in [-0.4, -0.2) is 53.4 Å². The van der Waals surface area contributed by atoms with Gasteiger partial charge in [0.2, 0.25) is 0 Å². The zero-order valence-corrected chi connectivity index (χ0v) is 11.4. The summed E-state index contributed by atoms with van der Waals surface area (Å²) < 4.78 is 0. The molecule has 1 aromatic carbocycles. The maximum atomic E-state index is 12.3. The minimum absolute atomic E-state index is 0.0716. The molecule has 7 heteroatoms. The number of nitro benzene ring substituents is 1. The fourth-order valence-corrected chi connectivity index (χ4v) is 2.28. The summed E-state index contributed by atoms with van der Waals surface area (Å²) in [5.74, 6) is -0.177. The number of carbonyl (C=O) groups is 1. The van der Waals surface area contributed by atoms with Crippen LogP contribution in [0.4, 0.5) is 11.4 Å². The largest absolute Gasteiger partial charge is 0.393 e. The maximum absolute atomic E-state index is 12.3. The van der Waals surface area contributed by atoms with E-state index < -0.39 is 4.92 Å². The lowest BCUT2D eigenvalue weighted by Crippen LogP contribution is -2.48. The van der Waals surface area contributed by atoms with Crippen molar-refractivity contribution in [2.75, 3.05) is 38.5 Å². The maximum Gasteiger partial charge on any atom is 0.292 e. The third kappa shape index (κ3) is 2.88. The molecule has 1 heterocycles. The molecule has 1 aromatic rings. The van der Waals surface area contributed by atoms with Gasteiger partial charge in [0.25, 0.3) is 11.6 Å². The van der Waals surface area contributed by atoms with Gasteiger partial charge in [-0.05, 0) is 18.7 Å². The van der Waals surface area contributed by atoms with Crippen molar-refractivity contribution in [3.63, 3.8) is 0 Å². The highest BCUT2D eigenvalue weighted by Crippen LogP contribution is 2.23. The summed E-state index contributed by atoms with van der Waals surface area (Å²) in [6, 6.07) is 4.20. The average molecular weight is 278 g/mol. The van der Waals surface area contributed by atoms with Crippen molar-refractivity contribution in [2.24, 2.45) is 0 Å². The van der Waals surface area contributed by atoms with E-state index in [2.05, 4.69) is 11.8 Å². The molecule has 0 aromatic heterocycles. The van der Waals surface area contributed by atoms with Crippen molar-refractivity contribution >= 4 is 17.3 Å². The van der Waals surface area contributed by atoms with Gasteiger partial charge in [0.05, 0.1) is 4.92 Å². The van der Waals surface area contributed by atoms with E-state index in [1.807, 2.05) is 0 Å². The molecule has 0 saturated carbocycles. The van der Waals surface area contributed by atoms with Gasteiger partial charge in [-0.1, -0.05) is 6.92 Å². The first-order valence-corrected chi connectivity index (χ1v) is 6.58. The summed E-state index contributed by atoms with van der Waals surface area (Å²) in [6.07, 6.45) is 0. The SMILES string of the molecule is CCN1CCN(C(=O)c2ccc(N)c([N+](=O)[O-])c2)CC1. The molecule has 1 saturated heterocycles. The Bertz CT molecular complexity index is 524. The highest BCUT2D eigenvalue weighted by atomic mass is 16.6. The summed E-state index contributed by atoms with van der Waals surface area (Å²) in [4.78, 5) is 26.6. The molecular weight excluding hydrogens is 260 g/mol. The highest BCUT2D eigenvalue weighted by molar-refractivity contribution is 5.95. The Morgan fingerprint density at radius 3 is 2.55 bits per heavy atom. The number of rotatable bonds is 3. The number of anilines is 1. The minimum Gasteiger partial charge on any atom is -0.393 e. The Labute approximate surface area is 117 Å². The van der Waals surface area contributed by atoms with E-state index in [1.54, 1.807) is 4.90 Å². The highest BCUT2D eigenvalue weighted by Gasteiger charge is 2.23. The van der Waals surface area contributed by atoms with E-state index in [0.29, 0.717) is 18.7 Å². The molecular formula is C13H18N4O3. The third-order valence-electron chi connectivity index (χ3n) is 3.58. The van der Waals surface area contributed by atoms with Crippen molar-refractivity contribution < 1.29 is 9.72 Å². The van der Waals surface area contributed by atoms with Gasteiger partial charge in [-0.15, -0.1) is 0 Å². The Hall–Kier alpha value is -2.15. The second kappa shape index (κ2) is 5.87. The first kappa shape index (κ1) is 14.3. The number of carbonyl (C=O) groups excluding carboxylic acids is 1. The lowest BCUT2D eigenvalue weighted by atomic mass is 10.1. The van der Waals surface area contributed by atoms with Gasteiger partial charge in [0.1, 0.15) is 5.69 Å². The van der Waals surface area contributed by atoms with Crippen LogP contribution in [0.15, 0.2) is 18.2 Å². The zero-order valence-electron chi connectivity index (χ0n) is 11.4. The number of nitro groups is 1. The minimum atomic E-state index is -0.568. The standard InChI is InChI=1S/C13H18N4O3/c1-2-15-5-7-16(8-6-15)13(18)10-3-4-11(14)12(9-10)17(19)20/h3-4,9H,2,5-8,14H2,1H3. The molecule has 1 amide bonds. The van der Waals surface area contributed by atoms with Crippen LogP contribution >= 0.6 is 0 Å². The Kier molecular flexibility index (Phi) is 4.19. The Morgan fingerprint density at radius 1 is 1.35 bits per heavy atom. The summed E-state index contributed by atoms with van der Waals surface area (Å²) in [5, 5.41) is 10.8. The number of hydrogen-bond acceptors (Lipinski definition) is 5. The van der Waals surface area contributed by atoms with E-state index in [1.165, 1.54) is 18.2 Å². The number of nitrogens with two attached hydrogens (primary N) is 1. The van der Waals surface area contributed by atoms with Crippen LogP contribution in [0.1, 0.15) is 17.3 Å². The molecule has 0 unspecified atom stereocenters. The summed E-state index contributed by atoms with van der Waals surface area (Å²) >= 11 is 0. The molecule has 0 aliphatic carbocycles. The lowest BCUT2D eigenvalue weighted by Gasteiger charge is -2.34. The van der Waals surface area contributed by atoms with Crippen LogP contribution < -0.4 is 5.73 Å². The van der Waals surface area contributed by atoms with Gasteiger partial charge in [0.15, 0.2) is 0 Å². The molecule has 1 fully saturated rings. The molecule has 1 aliphatic heterocycles. The van der Waals surface area contributed by atoms with Gasteiger partial charge in [-0.3, -0.25) is 14.9 Å². The number of likely N-dealkylation sites (N-methyl/N-ethyl adjacent to an activating group) is 1. The van der Waals surface area contributed by atoms with Crippen molar-refractivity contribution in [3.8, 4) is 0 Å². The van der Waals surface area contributed by atoms with Gasteiger partial charge in [0, 0.05) is 37.8 Å². The number of amides is 1. The smallest absolute Gasteiger partial charge is 0.292 e. The summed E-state index contributed by atoms with van der Waals surface area (Å²) in [5.41, 5.74) is 5.70. The van der Waals surface area contributed by atoms with Crippen LogP contribution in [0.25, 0.3) is 0 Å².